The number of hydrogen-bond acceptors (Lipinski definition) is 6. The minimum atomic E-state index is -0.438. The standard InChI is InChI=1S/2C12H9NO3/c2*14-13(15)10-6-8-12(9-7-10)16-11-4-2-1-3-5-11/h2*1-9H. The molecule has 160 valence electrons. The lowest BCUT2D eigenvalue weighted by Gasteiger charge is -2.04. The smallest absolute Gasteiger partial charge is 0.269 e. The fraction of sp³-hybridized carbons (Fsp3) is 0. The first-order valence-corrected chi connectivity index (χ1v) is 9.46. The number of hydrogen-bond donors (Lipinski definition) is 0. The van der Waals surface area contributed by atoms with Gasteiger partial charge in [-0.25, -0.2) is 0 Å². The third-order valence-corrected chi connectivity index (χ3v) is 4.05. The molecular formula is C24H18N2O6. The van der Waals surface area contributed by atoms with Crippen molar-refractivity contribution in [3.8, 4) is 23.0 Å². The van der Waals surface area contributed by atoms with Crippen LogP contribution in [0.5, 0.6) is 23.0 Å². The van der Waals surface area contributed by atoms with Crippen molar-refractivity contribution in [2.75, 3.05) is 0 Å². The van der Waals surface area contributed by atoms with Crippen molar-refractivity contribution < 1.29 is 19.3 Å². The number of para-hydroxylation sites is 2. The number of nitro groups is 2. The molecule has 0 bridgehead atoms. The highest BCUT2D eigenvalue weighted by Crippen LogP contribution is 2.24. The van der Waals surface area contributed by atoms with Gasteiger partial charge in [-0.1, -0.05) is 36.4 Å². The third kappa shape index (κ3) is 6.67. The minimum Gasteiger partial charge on any atom is -0.457 e. The van der Waals surface area contributed by atoms with Gasteiger partial charge in [0, 0.05) is 24.3 Å². The zero-order valence-electron chi connectivity index (χ0n) is 16.7. The molecule has 0 spiro atoms. The number of ether oxygens (including phenoxy) is 2. The summed E-state index contributed by atoms with van der Waals surface area (Å²) in [7, 11) is 0. The second-order valence-corrected chi connectivity index (χ2v) is 6.33. The highest BCUT2D eigenvalue weighted by Gasteiger charge is 2.05. The Morgan fingerprint density at radius 3 is 1.00 bits per heavy atom. The molecule has 0 N–H and O–H groups in total. The lowest BCUT2D eigenvalue weighted by atomic mass is 10.3. The summed E-state index contributed by atoms with van der Waals surface area (Å²) >= 11 is 0. The van der Waals surface area contributed by atoms with E-state index in [1.54, 1.807) is 24.3 Å². The van der Waals surface area contributed by atoms with E-state index in [9.17, 15) is 20.2 Å². The van der Waals surface area contributed by atoms with Gasteiger partial charge in [-0.05, 0) is 48.5 Å². The van der Waals surface area contributed by atoms with Crippen LogP contribution in [0.4, 0.5) is 11.4 Å². The van der Waals surface area contributed by atoms with Crippen LogP contribution >= 0.6 is 0 Å². The van der Waals surface area contributed by atoms with E-state index >= 15 is 0 Å². The van der Waals surface area contributed by atoms with Crippen molar-refractivity contribution in [3.63, 3.8) is 0 Å². The van der Waals surface area contributed by atoms with E-state index in [4.69, 9.17) is 9.47 Å². The van der Waals surface area contributed by atoms with Gasteiger partial charge in [0.15, 0.2) is 0 Å². The Balaban J connectivity index is 0.000000181. The number of non-ortho nitro benzene ring substituents is 2. The summed E-state index contributed by atoms with van der Waals surface area (Å²) in [5.74, 6) is 2.57. The van der Waals surface area contributed by atoms with Crippen LogP contribution in [0.3, 0.4) is 0 Å². The molecule has 8 heteroatoms. The molecule has 0 aliphatic rings. The Hall–Kier alpha value is -4.72. The SMILES string of the molecule is O=[N+]([O-])c1ccc(Oc2ccccc2)cc1.O=[N+]([O-])c1ccc(Oc2ccccc2)cc1. The van der Waals surface area contributed by atoms with Crippen LogP contribution in [0.15, 0.2) is 109 Å². The van der Waals surface area contributed by atoms with E-state index in [2.05, 4.69) is 0 Å². The van der Waals surface area contributed by atoms with E-state index in [0.717, 1.165) is 0 Å². The molecule has 8 nitrogen and oxygen atoms in total. The van der Waals surface area contributed by atoms with E-state index in [-0.39, 0.29) is 11.4 Å². The summed E-state index contributed by atoms with van der Waals surface area (Å²) < 4.78 is 11.0. The first-order chi connectivity index (χ1) is 15.5. The molecule has 0 atom stereocenters. The summed E-state index contributed by atoms with van der Waals surface area (Å²) in [4.78, 5) is 20.0. The van der Waals surface area contributed by atoms with Gasteiger partial charge in [0.25, 0.3) is 11.4 Å². The topological polar surface area (TPSA) is 105 Å². The summed E-state index contributed by atoms with van der Waals surface area (Å²) in [6.45, 7) is 0. The normalized spacial score (nSPS) is 9.75. The van der Waals surface area contributed by atoms with E-state index in [0.29, 0.717) is 23.0 Å². The van der Waals surface area contributed by atoms with Crippen molar-refractivity contribution in [2.24, 2.45) is 0 Å². The summed E-state index contributed by atoms with van der Waals surface area (Å²) in [5.41, 5.74) is 0.112. The van der Waals surface area contributed by atoms with Gasteiger partial charge in [-0.15, -0.1) is 0 Å². The summed E-state index contributed by atoms with van der Waals surface area (Å²) in [5, 5.41) is 20.9. The predicted octanol–water partition coefficient (Wildman–Crippen LogP) is 6.77. The Morgan fingerprint density at radius 1 is 0.438 bits per heavy atom. The van der Waals surface area contributed by atoms with Crippen LogP contribution in [-0.2, 0) is 0 Å². The second kappa shape index (κ2) is 10.9. The number of nitrogens with zero attached hydrogens (tertiary/aromatic N) is 2. The number of nitro benzene ring substituents is 2. The molecule has 0 unspecified atom stereocenters. The zero-order valence-corrected chi connectivity index (χ0v) is 16.7. The molecule has 0 fully saturated rings. The molecule has 0 aromatic heterocycles. The molecule has 0 saturated heterocycles. The van der Waals surface area contributed by atoms with Gasteiger partial charge in [0.1, 0.15) is 23.0 Å². The molecule has 0 amide bonds. The molecule has 0 aliphatic carbocycles. The maximum Gasteiger partial charge on any atom is 0.269 e. The van der Waals surface area contributed by atoms with E-state index < -0.39 is 9.85 Å². The number of benzene rings is 4. The molecule has 0 heterocycles. The second-order valence-electron chi connectivity index (χ2n) is 6.33. The molecule has 0 radical (unpaired) electrons. The molecule has 4 rings (SSSR count). The van der Waals surface area contributed by atoms with E-state index in [1.807, 2.05) is 60.7 Å². The highest BCUT2D eigenvalue weighted by molar-refractivity contribution is 5.39. The summed E-state index contributed by atoms with van der Waals surface area (Å²) in [6, 6.07) is 30.5. The van der Waals surface area contributed by atoms with Crippen molar-refractivity contribution >= 4 is 11.4 Å². The molecule has 4 aromatic carbocycles. The Labute approximate surface area is 183 Å². The largest absolute Gasteiger partial charge is 0.457 e. The molecule has 32 heavy (non-hydrogen) atoms. The van der Waals surface area contributed by atoms with Gasteiger partial charge in [-0.3, -0.25) is 20.2 Å². The minimum absolute atomic E-state index is 0.0559. The lowest BCUT2D eigenvalue weighted by Crippen LogP contribution is -1.88. The fourth-order valence-corrected chi connectivity index (χ4v) is 2.52. The maximum atomic E-state index is 10.4. The lowest BCUT2D eigenvalue weighted by molar-refractivity contribution is -0.385. The van der Waals surface area contributed by atoms with Gasteiger partial charge in [-0.2, -0.15) is 0 Å². The van der Waals surface area contributed by atoms with Crippen LogP contribution in [0.25, 0.3) is 0 Å². The first kappa shape index (κ1) is 22.0. The van der Waals surface area contributed by atoms with Crippen molar-refractivity contribution in [2.45, 2.75) is 0 Å². The van der Waals surface area contributed by atoms with Crippen molar-refractivity contribution in [3.05, 3.63) is 129 Å². The Bertz CT molecular complexity index is 1050. The molecule has 0 aliphatic heterocycles. The van der Waals surface area contributed by atoms with Crippen LogP contribution in [0, 0.1) is 20.2 Å². The quantitative estimate of drug-likeness (QED) is 0.247. The maximum absolute atomic E-state index is 10.4. The monoisotopic (exact) mass is 430 g/mol. The zero-order chi connectivity index (χ0) is 22.8. The van der Waals surface area contributed by atoms with Gasteiger partial charge >= 0.3 is 0 Å². The van der Waals surface area contributed by atoms with Crippen LogP contribution in [0.2, 0.25) is 0 Å². The average Bonchev–Trinajstić information content (AvgIpc) is 2.82. The van der Waals surface area contributed by atoms with Gasteiger partial charge in [0.05, 0.1) is 9.85 Å². The first-order valence-electron chi connectivity index (χ1n) is 9.46. The van der Waals surface area contributed by atoms with Crippen molar-refractivity contribution in [1.82, 2.24) is 0 Å². The summed E-state index contributed by atoms with van der Waals surface area (Å²) in [6.07, 6.45) is 0. The van der Waals surface area contributed by atoms with Crippen LogP contribution in [0.1, 0.15) is 0 Å². The Morgan fingerprint density at radius 2 is 0.719 bits per heavy atom. The third-order valence-electron chi connectivity index (χ3n) is 4.05. The highest BCUT2D eigenvalue weighted by atomic mass is 16.6. The van der Waals surface area contributed by atoms with Gasteiger partial charge in [0.2, 0.25) is 0 Å². The average molecular weight is 430 g/mol. The number of rotatable bonds is 6. The molecule has 0 saturated carbocycles. The predicted molar refractivity (Wildman–Crippen MR) is 119 cm³/mol. The van der Waals surface area contributed by atoms with E-state index in [1.165, 1.54) is 24.3 Å². The van der Waals surface area contributed by atoms with Crippen molar-refractivity contribution in [1.29, 1.82) is 0 Å². The van der Waals surface area contributed by atoms with Gasteiger partial charge < -0.3 is 9.47 Å². The molecular weight excluding hydrogens is 412 g/mol. The fourth-order valence-electron chi connectivity index (χ4n) is 2.52. The molecule has 4 aromatic rings. The van der Waals surface area contributed by atoms with Crippen LogP contribution < -0.4 is 9.47 Å². The Kier molecular flexibility index (Phi) is 7.48. The van der Waals surface area contributed by atoms with Crippen LogP contribution in [-0.4, -0.2) is 9.85 Å².